The molecule has 0 fully saturated rings. The largest absolute Gasteiger partial charge is 0.493 e. The van der Waals surface area contributed by atoms with Crippen LogP contribution < -0.4 is 9.47 Å². The van der Waals surface area contributed by atoms with Gasteiger partial charge in [0.15, 0.2) is 17.2 Å². The molecule has 4 rings (SSSR count). The number of carbonyl (C=O) groups is 1. The van der Waals surface area contributed by atoms with Crippen molar-refractivity contribution in [3.05, 3.63) is 100.0 Å². The molecule has 7 heteroatoms. The van der Waals surface area contributed by atoms with Crippen LogP contribution in [0.5, 0.6) is 11.5 Å². The summed E-state index contributed by atoms with van der Waals surface area (Å²) in [6.45, 7) is 0.282. The number of benzene rings is 3. The van der Waals surface area contributed by atoms with Crippen LogP contribution in [-0.4, -0.2) is 19.0 Å². The van der Waals surface area contributed by atoms with E-state index in [-0.39, 0.29) is 18.2 Å². The van der Waals surface area contributed by atoms with Crippen molar-refractivity contribution in [2.24, 2.45) is 4.99 Å². The highest BCUT2D eigenvalue weighted by atomic mass is 35.5. The Morgan fingerprint density at radius 1 is 1.06 bits per heavy atom. The predicted octanol–water partition coefficient (Wildman–Crippen LogP) is 5.41. The first kappa shape index (κ1) is 20.6. The van der Waals surface area contributed by atoms with E-state index in [9.17, 15) is 9.18 Å². The van der Waals surface area contributed by atoms with Crippen molar-refractivity contribution < 1.29 is 23.4 Å². The highest BCUT2D eigenvalue weighted by molar-refractivity contribution is 6.31. The van der Waals surface area contributed by atoms with Gasteiger partial charge in [0.25, 0.3) is 0 Å². The molecule has 1 aliphatic heterocycles. The SMILES string of the molecule is COc1cc(C=C2N=C(c3cccc(F)c3)OC2=O)ccc1OCc1ccccc1Cl. The molecule has 0 aromatic heterocycles. The lowest BCUT2D eigenvalue weighted by Gasteiger charge is -2.12. The molecule has 0 saturated heterocycles. The number of esters is 1. The molecule has 0 aliphatic carbocycles. The minimum Gasteiger partial charge on any atom is -0.493 e. The van der Waals surface area contributed by atoms with Gasteiger partial charge in [-0.1, -0.05) is 41.9 Å². The molecular weight excluding hydrogens is 421 g/mol. The zero-order chi connectivity index (χ0) is 21.8. The second-order valence-corrected chi connectivity index (χ2v) is 7.04. The van der Waals surface area contributed by atoms with Gasteiger partial charge >= 0.3 is 5.97 Å². The van der Waals surface area contributed by atoms with E-state index >= 15 is 0 Å². The summed E-state index contributed by atoms with van der Waals surface area (Å²) in [4.78, 5) is 16.4. The van der Waals surface area contributed by atoms with Gasteiger partial charge in [-0.15, -0.1) is 0 Å². The van der Waals surface area contributed by atoms with Crippen molar-refractivity contribution in [3.8, 4) is 11.5 Å². The number of carbonyl (C=O) groups excluding carboxylic acids is 1. The van der Waals surface area contributed by atoms with Crippen LogP contribution in [-0.2, 0) is 16.1 Å². The van der Waals surface area contributed by atoms with Crippen LogP contribution in [0, 0.1) is 5.82 Å². The maximum absolute atomic E-state index is 13.4. The average molecular weight is 438 g/mol. The standard InChI is InChI=1S/C24H17ClFNO4/c1-29-22-12-15(9-10-21(22)30-14-17-5-2-3-8-19(17)25)11-20-24(28)31-23(27-20)16-6-4-7-18(26)13-16/h2-13H,14H2,1H3. The van der Waals surface area contributed by atoms with Gasteiger partial charge in [0.05, 0.1) is 7.11 Å². The molecule has 3 aromatic rings. The zero-order valence-corrected chi connectivity index (χ0v) is 17.2. The zero-order valence-electron chi connectivity index (χ0n) is 16.5. The van der Waals surface area contributed by atoms with Crippen LogP contribution >= 0.6 is 11.6 Å². The number of hydrogen-bond donors (Lipinski definition) is 0. The molecule has 0 bridgehead atoms. The maximum atomic E-state index is 13.4. The molecule has 156 valence electrons. The van der Waals surface area contributed by atoms with Gasteiger partial charge in [-0.2, -0.15) is 0 Å². The normalized spacial score (nSPS) is 14.4. The second kappa shape index (κ2) is 9.02. The van der Waals surface area contributed by atoms with E-state index in [1.807, 2.05) is 18.2 Å². The summed E-state index contributed by atoms with van der Waals surface area (Å²) < 4.78 is 29.9. The fourth-order valence-electron chi connectivity index (χ4n) is 2.98. The quantitative estimate of drug-likeness (QED) is 0.382. The van der Waals surface area contributed by atoms with Crippen LogP contribution in [0.4, 0.5) is 4.39 Å². The van der Waals surface area contributed by atoms with Crippen LogP contribution in [0.2, 0.25) is 5.02 Å². The smallest absolute Gasteiger partial charge is 0.363 e. The number of ether oxygens (including phenoxy) is 3. The van der Waals surface area contributed by atoms with E-state index in [2.05, 4.69) is 4.99 Å². The van der Waals surface area contributed by atoms with Crippen LogP contribution in [0.25, 0.3) is 6.08 Å². The van der Waals surface area contributed by atoms with Crippen molar-refractivity contribution in [3.63, 3.8) is 0 Å². The number of methoxy groups -OCH3 is 1. The molecule has 0 radical (unpaired) electrons. The molecule has 0 amide bonds. The van der Waals surface area contributed by atoms with Crippen molar-refractivity contribution in [2.45, 2.75) is 6.61 Å². The van der Waals surface area contributed by atoms with E-state index in [1.165, 1.54) is 25.3 Å². The van der Waals surface area contributed by atoms with E-state index in [0.29, 0.717) is 27.6 Å². The molecular formula is C24H17ClFNO4. The van der Waals surface area contributed by atoms with Crippen LogP contribution in [0.15, 0.2) is 77.4 Å². The van der Waals surface area contributed by atoms with E-state index in [4.69, 9.17) is 25.8 Å². The Bertz CT molecular complexity index is 1210. The molecule has 31 heavy (non-hydrogen) atoms. The maximum Gasteiger partial charge on any atom is 0.363 e. The first-order chi connectivity index (χ1) is 15.0. The van der Waals surface area contributed by atoms with Crippen molar-refractivity contribution >= 4 is 29.5 Å². The number of aliphatic imine (C=N–C) groups is 1. The fourth-order valence-corrected chi connectivity index (χ4v) is 3.17. The molecule has 3 aromatic carbocycles. The third-order valence-electron chi connectivity index (χ3n) is 4.52. The van der Waals surface area contributed by atoms with Crippen molar-refractivity contribution in [1.82, 2.24) is 0 Å². The van der Waals surface area contributed by atoms with E-state index in [1.54, 1.807) is 36.4 Å². The second-order valence-electron chi connectivity index (χ2n) is 6.64. The van der Waals surface area contributed by atoms with Gasteiger partial charge in [-0.25, -0.2) is 14.2 Å². The Morgan fingerprint density at radius 2 is 1.90 bits per heavy atom. The lowest BCUT2D eigenvalue weighted by molar-refractivity contribution is -0.129. The highest BCUT2D eigenvalue weighted by Crippen LogP contribution is 2.31. The summed E-state index contributed by atoms with van der Waals surface area (Å²) in [7, 11) is 1.53. The van der Waals surface area contributed by atoms with Crippen LogP contribution in [0.1, 0.15) is 16.7 Å². The minimum absolute atomic E-state index is 0.0578. The first-order valence-electron chi connectivity index (χ1n) is 9.36. The number of hydrogen-bond acceptors (Lipinski definition) is 5. The Morgan fingerprint density at radius 3 is 2.68 bits per heavy atom. The predicted molar refractivity (Wildman–Crippen MR) is 116 cm³/mol. The topological polar surface area (TPSA) is 57.1 Å². The summed E-state index contributed by atoms with van der Waals surface area (Å²) in [5, 5.41) is 0.620. The molecule has 5 nitrogen and oxygen atoms in total. The van der Waals surface area contributed by atoms with E-state index < -0.39 is 11.8 Å². The summed E-state index contributed by atoms with van der Waals surface area (Å²) >= 11 is 6.17. The lowest BCUT2D eigenvalue weighted by Crippen LogP contribution is -2.05. The monoisotopic (exact) mass is 437 g/mol. The van der Waals surface area contributed by atoms with Gasteiger partial charge in [0, 0.05) is 16.1 Å². The van der Waals surface area contributed by atoms with Gasteiger partial charge in [-0.05, 0) is 48.0 Å². The van der Waals surface area contributed by atoms with Gasteiger partial charge in [0.1, 0.15) is 12.4 Å². The van der Waals surface area contributed by atoms with Crippen LogP contribution in [0.3, 0.4) is 0 Å². The number of halogens is 2. The Labute approximate surface area is 183 Å². The van der Waals surface area contributed by atoms with E-state index in [0.717, 1.165) is 5.56 Å². The molecule has 1 heterocycles. The Balaban J connectivity index is 1.55. The summed E-state index contributed by atoms with van der Waals surface area (Å²) in [6.07, 6.45) is 1.56. The van der Waals surface area contributed by atoms with Gasteiger partial charge < -0.3 is 14.2 Å². The molecule has 0 unspecified atom stereocenters. The Hall–Kier alpha value is -3.64. The van der Waals surface area contributed by atoms with Crippen molar-refractivity contribution in [1.29, 1.82) is 0 Å². The average Bonchev–Trinajstić information content (AvgIpc) is 3.14. The molecule has 0 N–H and O–H groups in total. The van der Waals surface area contributed by atoms with Gasteiger partial charge in [-0.3, -0.25) is 0 Å². The fraction of sp³-hybridized carbons (Fsp3) is 0.0833. The molecule has 0 atom stereocenters. The van der Waals surface area contributed by atoms with Crippen molar-refractivity contribution in [2.75, 3.05) is 7.11 Å². The molecule has 0 spiro atoms. The number of nitrogens with zero attached hydrogens (tertiary/aromatic N) is 1. The van der Waals surface area contributed by atoms with Gasteiger partial charge in [0.2, 0.25) is 5.90 Å². The number of cyclic esters (lactones) is 1. The minimum atomic E-state index is -0.614. The summed E-state index contributed by atoms with van der Waals surface area (Å²) in [5.74, 6) is 0.0232. The number of rotatable bonds is 6. The third-order valence-corrected chi connectivity index (χ3v) is 4.89. The molecule has 1 aliphatic rings. The Kier molecular flexibility index (Phi) is 6.00. The summed E-state index contributed by atoms with van der Waals surface area (Å²) in [5.41, 5.74) is 2.01. The molecule has 0 saturated carbocycles. The lowest BCUT2D eigenvalue weighted by atomic mass is 10.1. The first-order valence-corrected chi connectivity index (χ1v) is 9.74. The third kappa shape index (κ3) is 4.75. The summed E-state index contributed by atoms with van der Waals surface area (Å²) in [6, 6.07) is 18.3. The highest BCUT2D eigenvalue weighted by Gasteiger charge is 2.24.